The molecule has 0 bridgehead atoms. The van der Waals surface area contributed by atoms with E-state index < -0.39 is 9.84 Å². The van der Waals surface area contributed by atoms with E-state index in [1.807, 2.05) is 55.5 Å². The van der Waals surface area contributed by atoms with Crippen LogP contribution in [0.2, 0.25) is 0 Å². The number of benzene rings is 4. The molecule has 1 heterocycles. The van der Waals surface area contributed by atoms with Gasteiger partial charge in [0.1, 0.15) is 0 Å². The van der Waals surface area contributed by atoms with Gasteiger partial charge in [0.25, 0.3) is 0 Å². The van der Waals surface area contributed by atoms with Crippen molar-refractivity contribution >= 4 is 42.7 Å². The molecule has 5 aromatic rings. The van der Waals surface area contributed by atoms with E-state index in [-0.39, 0.29) is 5.75 Å². The summed E-state index contributed by atoms with van der Waals surface area (Å²) in [6, 6.07) is 30.7. The molecule has 0 atom stereocenters. The van der Waals surface area contributed by atoms with Crippen LogP contribution >= 0.6 is 11.3 Å². The van der Waals surface area contributed by atoms with Crippen molar-refractivity contribution in [3.63, 3.8) is 0 Å². The highest BCUT2D eigenvalue weighted by Gasteiger charge is 2.24. The van der Waals surface area contributed by atoms with Crippen molar-refractivity contribution in [2.75, 3.05) is 5.75 Å². The summed E-state index contributed by atoms with van der Waals surface area (Å²) in [6.07, 6.45) is 1.51. The molecule has 0 aliphatic rings. The highest BCUT2D eigenvalue weighted by Crippen LogP contribution is 2.44. The Balaban J connectivity index is 1.79. The number of hydrogen-bond acceptors (Lipinski definition) is 3. The SMILES string of the molecule is CCCCS(=O)(=O)c1cc(-c2cccc3ccccc23)sc1-c1cccc2ccccc12. The first-order valence-electron chi connectivity index (χ1n) is 10.9. The molecule has 5 rings (SSSR count). The van der Waals surface area contributed by atoms with Gasteiger partial charge in [-0.15, -0.1) is 11.3 Å². The molecule has 0 saturated carbocycles. The molecule has 32 heavy (non-hydrogen) atoms. The summed E-state index contributed by atoms with van der Waals surface area (Å²) in [5, 5.41) is 4.48. The second kappa shape index (κ2) is 8.53. The van der Waals surface area contributed by atoms with Gasteiger partial charge in [-0.25, -0.2) is 8.42 Å². The third-order valence-electron chi connectivity index (χ3n) is 5.89. The first-order valence-corrected chi connectivity index (χ1v) is 13.4. The van der Waals surface area contributed by atoms with Gasteiger partial charge in [0, 0.05) is 10.4 Å². The maximum Gasteiger partial charge on any atom is 0.179 e. The van der Waals surface area contributed by atoms with Crippen LogP contribution in [0.3, 0.4) is 0 Å². The Kier molecular flexibility index (Phi) is 5.58. The van der Waals surface area contributed by atoms with E-state index in [1.54, 1.807) is 11.3 Å². The summed E-state index contributed by atoms with van der Waals surface area (Å²) in [7, 11) is -3.40. The number of hydrogen-bond donors (Lipinski definition) is 0. The van der Waals surface area contributed by atoms with E-state index in [0.29, 0.717) is 11.3 Å². The van der Waals surface area contributed by atoms with Gasteiger partial charge in [-0.1, -0.05) is 98.3 Å². The fourth-order valence-electron chi connectivity index (χ4n) is 4.23. The summed E-state index contributed by atoms with van der Waals surface area (Å²) in [5.41, 5.74) is 2.06. The first-order chi connectivity index (χ1) is 15.6. The third-order valence-corrected chi connectivity index (χ3v) is 9.04. The van der Waals surface area contributed by atoms with Crippen molar-refractivity contribution in [1.82, 2.24) is 0 Å². The minimum Gasteiger partial charge on any atom is -0.224 e. The first kappa shape index (κ1) is 20.9. The molecule has 160 valence electrons. The largest absolute Gasteiger partial charge is 0.224 e. The molecule has 2 nitrogen and oxygen atoms in total. The molecule has 0 aliphatic carbocycles. The summed E-state index contributed by atoms with van der Waals surface area (Å²) in [4.78, 5) is 2.27. The standard InChI is InChI=1S/C28H24O2S2/c1-2-3-18-32(29,30)27-19-26(24-16-8-12-20-10-4-6-14-22(20)24)31-28(27)25-17-9-13-21-11-5-7-15-23(21)25/h4-17,19H,2-3,18H2,1H3. The van der Waals surface area contributed by atoms with E-state index in [2.05, 4.69) is 42.5 Å². The van der Waals surface area contributed by atoms with Crippen LogP contribution in [-0.4, -0.2) is 14.2 Å². The Morgan fingerprint density at radius 3 is 1.94 bits per heavy atom. The molecule has 1 aromatic heterocycles. The molecular formula is C28H24O2S2. The Morgan fingerprint density at radius 1 is 0.719 bits per heavy atom. The third kappa shape index (κ3) is 3.74. The van der Waals surface area contributed by atoms with Crippen molar-refractivity contribution in [3.05, 3.63) is 91.0 Å². The molecule has 0 N–H and O–H groups in total. The van der Waals surface area contributed by atoms with Crippen LogP contribution in [0.25, 0.3) is 42.4 Å². The van der Waals surface area contributed by atoms with E-state index >= 15 is 0 Å². The molecule has 4 heteroatoms. The quantitative estimate of drug-likeness (QED) is 0.260. The predicted molar refractivity (Wildman–Crippen MR) is 137 cm³/mol. The van der Waals surface area contributed by atoms with Gasteiger partial charge in [0.05, 0.1) is 15.5 Å². The Labute approximate surface area is 193 Å². The van der Waals surface area contributed by atoms with E-state index in [1.165, 1.54) is 0 Å². The van der Waals surface area contributed by atoms with Crippen LogP contribution in [0.1, 0.15) is 19.8 Å². The van der Waals surface area contributed by atoms with Crippen molar-refractivity contribution in [2.45, 2.75) is 24.7 Å². The van der Waals surface area contributed by atoms with Gasteiger partial charge in [0.2, 0.25) is 0 Å². The maximum absolute atomic E-state index is 13.4. The second-order valence-electron chi connectivity index (χ2n) is 8.03. The number of fused-ring (bicyclic) bond motifs is 2. The predicted octanol–water partition coefficient (Wildman–Crippen LogP) is 7.96. The lowest BCUT2D eigenvalue weighted by molar-refractivity contribution is 0.593. The van der Waals surface area contributed by atoms with Crippen molar-refractivity contribution in [2.24, 2.45) is 0 Å². The van der Waals surface area contributed by atoms with Crippen LogP contribution in [0.15, 0.2) is 95.9 Å². The molecule has 0 amide bonds. The number of unbranched alkanes of at least 4 members (excludes halogenated alkanes) is 1. The Hall–Kier alpha value is -2.95. The summed E-state index contributed by atoms with van der Waals surface area (Å²) < 4.78 is 26.9. The number of sulfone groups is 1. The summed E-state index contributed by atoms with van der Waals surface area (Å²) in [5.74, 6) is 0.174. The van der Waals surface area contributed by atoms with Crippen molar-refractivity contribution < 1.29 is 8.42 Å². The van der Waals surface area contributed by atoms with Gasteiger partial charge in [-0.3, -0.25) is 0 Å². The smallest absolute Gasteiger partial charge is 0.179 e. The lowest BCUT2D eigenvalue weighted by Crippen LogP contribution is -2.06. The normalized spacial score (nSPS) is 11.9. The van der Waals surface area contributed by atoms with E-state index in [0.717, 1.165) is 48.8 Å². The van der Waals surface area contributed by atoms with Gasteiger partial charge in [0.15, 0.2) is 9.84 Å². The molecule has 0 fully saturated rings. The number of rotatable bonds is 6. The van der Waals surface area contributed by atoms with E-state index in [9.17, 15) is 8.42 Å². The molecule has 0 unspecified atom stereocenters. The van der Waals surface area contributed by atoms with Gasteiger partial charge in [-0.05, 0) is 39.6 Å². The fourth-order valence-corrected chi connectivity index (χ4v) is 7.52. The van der Waals surface area contributed by atoms with Crippen LogP contribution in [0.5, 0.6) is 0 Å². The molecular weight excluding hydrogens is 432 g/mol. The van der Waals surface area contributed by atoms with Crippen molar-refractivity contribution in [3.8, 4) is 20.9 Å². The highest BCUT2D eigenvalue weighted by molar-refractivity contribution is 7.91. The zero-order valence-electron chi connectivity index (χ0n) is 17.9. The average molecular weight is 457 g/mol. The van der Waals surface area contributed by atoms with Crippen molar-refractivity contribution in [1.29, 1.82) is 0 Å². The van der Waals surface area contributed by atoms with Gasteiger partial charge in [-0.2, -0.15) is 0 Å². The number of thiophene rings is 1. The lowest BCUT2D eigenvalue weighted by Gasteiger charge is -2.08. The van der Waals surface area contributed by atoms with Gasteiger partial charge < -0.3 is 0 Å². The summed E-state index contributed by atoms with van der Waals surface area (Å²) >= 11 is 1.58. The fraction of sp³-hybridized carbons (Fsp3) is 0.143. The lowest BCUT2D eigenvalue weighted by atomic mass is 10.0. The zero-order valence-corrected chi connectivity index (χ0v) is 19.5. The minimum absolute atomic E-state index is 0.174. The Bertz CT molecular complexity index is 1520. The summed E-state index contributed by atoms with van der Waals surface area (Å²) in [6.45, 7) is 2.02. The molecule has 0 aliphatic heterocycles. The van der Waals surface area contributed by atoms with Crippen LogP contribution in [0.4, 0.5) is 0 Å². The van der Waals surface area contributed by atoms with Crippen LogP contribution in [0, 0.1) is 0 Å². The minimum atomic E-state index is -3.40. The van der Waals surface area contributed by atoms with E-state index in [4.69, 9.17) is 0 Å². The Morgan fingerprint density at radius 2 is 1.28 bits per heavy atom. The topological polar surface area (TPSA) is 34.1 Å². The van der Waals surface area contributed by atoms with Crippen LogP contribution in [-0.2, 0) is 9.84 Å². The molecule has 0 radical (unpaired) electrons. The maximum atomic E-state index is 13.4. The second-order valence-corrected chi connectivity index (χ2v) is 11.2. The average Bonchev–Trinajstić information content (AvgIpc) is 3.28. The molecule has 0 spiro atoms. The zero-order chi connectivity index (χ0) is 22.1. The molecule has 4 aromatic carbocycles. The van der Waals surface area contributed by atoms with Gasteiger partial charge >= 0.3 is 0 Å². The van der Waals surface area contributed by atoms with Crippen LogP contribution < -0.4 is 0 Å². The monoisotopic (exact) mass is 456 g/mol. The molecule has 0 saturated heterocycles. The highest BCUT2D eigenvalue weighted by atomic mass is 32.2.